The Morgan fingerprint density at radius 3 is 1.70 bits per heavy atom. The third-order valence-corrected chi connectivity index (χ3v) is 4.01. The molecular weight excluding hydrogens is 391 g/mol. The van der Waals surface area contributed by atoms with Crippen molar-refractivity contribution in [2.45, 2.75) is 0 Å². The lowest BCUT2D eigenvalue weighted by Crippen LogP contribution is -2.10. The zero-order chi connectivity index (χ0) is 19.4. The summed E-state index contributed by atoms with van der Waals surface area (Å²) in [5, 5.41) is 10.9. The van der Waals surface area contributed by atoms with Crippen molar-refractivity contribution in [1.29, 1.82) is 0 Å². The average Bonchev–Trinajstić information content (AvgIpc) is 2.65. The Bertz CT molecular complexity index is 982. The van der Waals surface area contributed by atoms with Gasteiger partial charge in [0.1, 0.15) is 5.75 Å². The molecule has 27 heavy (non-hydrogen) atoms. The Morgan fingerprint density at radius 2 is 1.19 bits per heavy atom. The van der Waals surface area contributed by atoms with Gasteiger partial charge in [-0.05, 0) is 60.7 Å². The molecule has 3 rings (SSSR count). The second-order valence-electron chi connectivity index (χ2n) is 5.42. The molecule has 3 aromatic rings. The van der Waals surface area contributed by atoms with Crippen LogP contribution < -0.4 is 9.47 Å². The molecule has 0 spiro atoms. The van der Waals surface area contributed by atoms with Gasteiger partial charge in [0.05, 0.1) is 11.1 Å². The van der Waals surface area contributed by atoms with Crippen molar-refractivity contribution in [3.8, 4) is 17.2 Å². The van der Waals surface area contributed by atoms with E-state index in [2.05, 4.69) is 0 Å². The molecule has 7 heteroatoms. The van der Waals surface area contributed by atoms with Gasteiger partial charge < -0.3 is 14.6 Å². The van der Waals surface area contributed by atoms with E-state index in [1.807, 2.05) is 0 Å². The number of phenols is 1. The minimum Gasteiger partial charge on any atom is -0.504 e. The first kappa shape index (κ1) is 18.8. The van der Waals surface area contributed by atoms with Gasteiger partial charge in [0.25, 0.3) is 0 Å². The molecule has 3 aromatic carbocycles. The molecule has 0 heterocycles. The molecule has 0 aliphatic carbocycles. The summed E-state index contributed by atoms with van der Waals surface area (Å²) >= 11 is 11.6. The fraction of sp³-hybridized carbons (Fsp3) is 0. The molecular formula is C20H12Cl2O5. The van der Waals surface area contributed by atoms with Crippen LogP contribution in [-0.2, 0) is 0 Å². The smallest absolute Gasteiger partial charge is 0.343 e. The van der Waals surface area contributed by atoms with E-state index in [1.54, 1.807) is 24.3 Å². The minimum absolute atomic E-state index is 0.103. The topological polar surface area (TPSA) is 72.8 Å². The van der Waals surface area contributed by atoms with Crippen LogP contribution in [0.4, 0.5) is 0 Å². The van der Waals surface area contributed by atoms with Gasteiger partial charge in [0, 0.05) is 16.1 Å². The summed E-state index contributed by atoms with van der Waals surface area (Å²) < 4.78 is 10.4. The van der Waals surface area contributed by atoms with E-state index in [-0.39, 0.29) is 22.8 Å². The lowest BCUT2D eigenvalue weighted by atomic mass is 10.2. The van der Waals surface area contributed by atoms with Gasteiger partial charge in [0.2, 0.25) is 0 Å². The highest BCUT2D eigenvalue weighted by molar-refractivity contribution is 6.31. The van der Waals surface area contributed by atoms with Gasteiger partial charge in [-0.1, -0.05) is 23.2 Å². The van der Waals surface area contributed by atoms with Crippen molar-refractivity contribution in [1.82, 2.24) is 0 Å². The number of phenolic OH excluding ortho intramolecular Hbond substituents is 1. The number of aromatic hydroxyl groups is 1. The molecule has 0 radical (unpaired) electrons. The van der Waals surface area contributed by atoms with Crippen molar-refractivity contribution in [3.05, 3.63) is 87.9 Å². The second kappa shape index (κ2) is 8.12. The van der Waals surface area contributed by atoms with Crippen LogP contribution in [0.15, 0.2) is 66.7 Å². The first-order chi connectivity index (χ1) is 12.9. The number of ether oxygens (including phenoxy) is 2. The highest BCUT2D eigenvalue weighted by Crippen LogP contribution is 2.31. The summed E-state index contributed by atoms with van der Waals surface area (Å²) in [5.41, 5.74) is 0.551. The third-order valence-electron chi connectivity index (χ3n) is 3.50. The van der Waals surface area contributed by atoms with Crippen molar-refractivity contribution < 1.29 is 24.2 Å². The Labute approximate surface area is 164 Å². The maximum atomic E-state index is 12.2. The predicted octanol–water partition coefficient (Wildman–Crippen LogP) is 5.14. The Hall–Kier alpha value is -3.02. The highest BCUT2D eigenvalue weighted by Gasteiger charge is 2.15. The van der Waals surface area contributed by atoms with E-state index in [0.29, 0.717) is 15.6 Å². The van der Waals surface area contributed by atoms with Crippen LogP contribution >= 0.6 is 23.2 Å². The van der Waals surface area contributed by atoms with E-state index in [1.165, 1.54) is 42.5 Å². The summed E-state index contributed by atoms with van der Waals surface area (Å²) in [5.74, 6) is -1.62. The van der Waals surface area contributed by atoms with E-state index < -0.39 is 11.9 Å². The van der Waals surface area contributed by atoms with Gasteiger partial charge >= 0.3 is 11.9 Å². The number of carbonyl (C=O) groups excluding carboxylic acids is 2. The van der Waals surface area contributed by atoms with E-state index in [9.17, 15) is 14.7 Å². The molecule has 0 fully saturated rings. The standard InChI is InChI=1S/C20H12Cl2O5/c21-14-5-1-12(2-6-14)19(24)26-16-9-10-17(23)18(11-16)27-20(25)13-3-7-15(22)8-4-13/h1-11,23H. The lowest BCUT2D eigenvalue weighted by Gasteiger charge is -2.09. The summed E-state index contributed by atoms with van der Waals surface area (Å²) in [6.07, 6.45) is 0. The number of carbonyl (C=O) groups is 2. The normalized spacial score (nSPS) is 10.3. The van der Waals surface area contributed by atoms with Crippen LogP contribution in [-0.4, -0.2) is 17.0 Å². The number of esters is 2. The third kappa shape index (κ3) is 4.78. The minimum atomic E-state index is -0.692. The summed E-state index contributed by atoms with van der Waals surface area (Å²) in [6, 6.07) is 16.1. The van der Waals surface area contributed by atoms with Gasteiger partial charge in [-0.15, -0.1) is 0 Å². The first-order valence-corrected chi connectivity index (χ1v) is 8.46. The molecule has 136 valence electrons. The molecule has 0 atom stereocenters. The van der Waals surface area contributed by atoms with Crippen LogP contribution in [0, 0.1) is 0 Å². The van der Waals surface area contributed by atoms with Crippen LogP contribution in [0.3, 0.4) is 0 Å². The van der Waals surface area contributed by atoms with Gasteiger partial charge in [-0.3, -0.25) is 0 Å². The molecule has 5 nitrogen and oxygen atoms in total. The van der Waals surface area contributed by atoms with Crippen LogP contribution in [0.25, 0.3) is 0 Å². The molecule has 0 aromatic heterocycles. The Kier molecular flexibility index (Phi) is 5.64. The van der Waals surface area contributed by atoms with Crippen molar-refractivity contribution in [2.24, 2.45) is 0 Å². The molecule has 0 aliphatic rings. The maximum absolute atomic E-state index is 12.2. The van der Waals surface area contributed by atoms with Crippen molar-refractivity contribution in [3.63, 3.8) is 0 Å². The van der Waals surface area contributed by atoms with E-state index >= 15 is 0 Å². The average molecular weight is 403 g/mol. The van der Waals surface area contributed by atoms with Crippen LogP contribution in [0.2, 0.25) is 10.0 Å². The Morgan fingerprint density at radius 1 is 0.704 bits per heavy atom. The van der Waals surface area contributed by atoms with E-state index in [0.717, 1.165) is 0 Å². The maximum Gasteiger partial charge on any atom is 0.343 e. The van der Waals surface area contributed by atoms with Gasteiger partial charge in [-0.2, -0.15) is 0 Å². The second-order valence-corrected chi connectivity index (χ2v) is 6.30. The zero-order valence-corrected chi connectivity index (χ0v) is 15.2. The summed E-state index contributed by atoms with van der Waals surface area (Å²) in [6.45, 7) is 0. The molecule has 0 saturated heterocycles. The van der Waals surface area contributed by atoms with Crippen molar-refractivity contribution >= 4 is 35.1 Å². The Balaban J connectivity index is 1.75. The first-order valence-electron chi connectivity index (χ1n) is 7.71. The quantitative estimate of drug-likeness (QED) is 0.483. The van der Waals surface area contributed by atoms with Gasteiger partial charge in [-0.25, -0.2) is 9.59 Å². The number of hydrogen-bond donors (Lipinski definition) is 1. The van der Waals surface area contributed by atoms with E-state index in [4.69, 9.17) is 32.7 Å². The van der Waals surface area contributed by atoms with Gasteiger partial charge in [0.15, 0.2) is 11.5 Å². The van der Waals surface area contributed by atoms with Crippen LogP contribution in [0.1, 0.15) is 20.7 Å². The summed E-state index contributed by atoms with van der Waals surface area (Å²) in [7, 11) is 0. The fourth-order valence-electron chi connectivity index (χ4n) is 2.14. The van der Waals surface area contributed by atoms with Crippen LogP contribution in [0.5, 0.6) is 17.2 Å². The molecule has 0 unspecified atom stereocenters. The predicted molar refractivity (Wildman–Crippen MR) is 101 cm³/mol. The monoisotopic (exact) mass is 402 g/mol. The number of benzene rings is 3. The zero-order valence-electron chi connectivity index (χ0n) is 13.7. The molecule has 0 amide bonds. The number of halogens is 2. The lowest BCUT2D eigenvalue weighted by molar-refractivity contribution is 0.0728. The SMILES string of the molecule is O=C(Oc1ccc(O)c(OC(=O)c2ccc(Cl)cc2)c1)c1ccc(Cl)cc1. The fourth-order valence-corrected chi connectivity index (χ4v) is 2.39. The largest absolute Gasteiger partial charge is 0.504 e. The number of hydrogen-bond acceptors (Lipinski definition) is 5. The summed E-state index contributed by atoms with van der Waals surface area (Å²) in [4.78, 5) is 24.3. The molecule has 1 N–H and O–H groups in total. The molecule has 0 aliphatic heterocycles. The molecule has 0 bridgehead atoms. The molecule has 0 saturated carbocycles. The number of rotatable bonds is 4. The van der Waals surface area contributed by atoms with Crippen molar-refractivity contribution in [2.75, 3.05) is 0 Å². The highest BCUT2D eigenvalue weighted by atomic mass is 35.5.